The molecule has 0 aliphatic carbocycles. The van der Waals surface area contributed by atoms with Crippen LogP contribution in [0.1, 0.15) is 23.7 Å². The highest BCUT2D eigenvalue weighted by molar-refractivity contribution is 7.80. The molecule has 0 spiro atoms. The molecule has 0 bridgehead atoms. The van der Waals surface area contributed by atoms with Gasteiger partial charge in [-0.05, 0) is 24.6 Å². The summed E-state index contributed by atoms with van der Waals surface area (Å²) in [7, 11) is 1.73. The van der Waals surface area contributed by atoms with Gasteiger partial charge in [-0.2, -0.15) is 0 Å². The van der Waals surface area contributed by atoms with Crippen molar-refractivity contribution in [3.63, 3.8) is 0 Å². The van der Waals surface area contributed by atoms with Crippen molar-refractivity contribution < 1.29 is 9.18 Å². The SMILES string of the molecule is CCCN(C)C(=O)c1ccc(F)c(S)c1. The molecule has 1 amide bonds. The lowest BCUT2D eigenvalue weighted by molar-refractivity contribution is 0.0795. The molecule has 0 heterocycles. The fourth-order valence-corrected chi connectivity index (χ4v) is 1.52. The molecule has 0 aromatic heterocycles. The zero-order valence-electron chi connectivity index (χ0n) is 8.83. The summed E-state index contributed by atoms with van der Waals surface area (Å²) in [5, 5.41) is 0. The van der Waals surface area contributed by atoms with Gasteiger partial charge in [0.05, 0.1) is 0 Å². The van der Waals surface area contributed by atoms with E-state index in [4.69, 9.17) is 0 Å². The van der Waals surface area contributed by atoms with Crippen molar-refractivity contribution in [3.05, 3.63) is 29.6 Å². The molecule has 82 valence electrons. The Morgan fingerprint density at radius 1 is 1.53 bits per heavy atom. The van der Waals surface area contributed by atoms with E-state index in [0.717, 1.165) is 6.42 Å². The van der Waals surface area contributed by atoms with E-state index in [9.17, 15) is 9.18 Å². The van der Waals surface area contributed by atoms with E-state index < -0.39 is 5.82 Å². The maximum atomic E-state index is 12.9. The van der Waals surface area contributed by atoms with Crippen molar-refractivity contribution in [2.75, 3.05) is 13.6 Å². The van der Waals surface area contributed by atoms with Gasteiger partial charge in [0.25, 0.3) is 5.91 Å². The second-order valence-electron chi connectivity index (χ2n) is 3.39. The van der Waals surface area contributed by atoms with Crippen LogP contribution in [-0.4, -0.2) is 24.4 Å². The molecule has 1 aromatic rings. The first-order chi connectivity index (χ1) is 7.06. The molecular weight excluding hydrogens is 213 g/mol. The lowest BCUT2D eigenvalue weighted by atomic mass is 10.2. The number of rotatable bonds is 3. The van der Waals surface area contributed by atoms with Crippen LogP contribution in [0.25, 0.3) is 0 Å². The van der Waals surface area contributed by atoms with Gasteiger partial charge in [-0.15, -0.1) is 12.6 Å². The third-order valence-electron chi connectivity index (χ3n) is 2.10. The molecule has 0 N–H and O–H groups in total. The van der Waals surface area contributed by atoms with Crippen LogP contribution in [0.5, 0.6) is 0 Å². The summed E-state index contributed by atoms with van der Waals surface area (Å²) in [5.41, 5.74) is 0.470. The highest BCUT2D eigenvalue weighted by atomic mass is 32.1. The minimum Gasteiger partial charge on any atom is -0.342 e. The Labute approximate surface area is 94.5 Å². The molecule has 0 saturated carbocycles. The number of carbonyl (C=O) groups is 1. The quantitative estimate of drug-likeness (QED) is 0.787. The van der Waals surface area contributed by atoms with Crippen LogP contribution in [0.3, 0.4) is 0 Å². The van der Waals surface area contributed by atoms with Crippen LogP contribution in [0, 0.1) is 5.82 Å². The Balaban J connectivity index is 2.87. The van der Waals surface area contributed by atoms with Gasteiger partial charge in [0.15, 0.2) is 0 Å². The minimum absolute atomic E-state index is 0.104. The number of benzene rings is 1. The Bertz CT molecular complexity index is 368. The number of carbonyl (C=O) groups excluding carboxylic acids is 1. The normalized spacial score (nSPS) is 10.1. The fourth-order valence-electron chi connectivity index (χ4n) is 1.30. The molecule has 1 aromatic carbocycles. The van der Waals surface area contributed by atoms with Gasteiger partial charge in [-0.3, -0.25) is 4.79 Å². The maximum Gasteiger partial charge on any atom is 0.253 e. The highest BCUT2D eigenvalue weighted by Crippen LogP contribution is 2.15. The third-order valence-corrected chi connectivity index (χ3v) is 2.44. The van der Waals surface area contributed by atoms with E-state index in [1.165, 1.54) is 18.2 Å². The lowest BCUT2D eigenvalue weighted by Crippen LogP contribution is -2.27. The summed E-state index contributed by atoms with van der Waals surface area (Å²) in [6, 6.07) is 4.19. The number of thiol groups is 1. The van der Waals surface area contributed by atoms with Gasteiger partial charge in [0.1, 0.15) is 5.82 Å². The van der Waals surface area contributed by atoms with Gasteiger partial charge < -0.3 is 4.90 Å². The molecule has 4 heteroatoms. The number of amides is 1. The maximum absolute atomic E-state index is 12.9. The number of hydrogen-bond acceptors (Lipinski definition) is 2. The molecule has 0 fully saturated rings. The molecule has 0 atom stereocenters. The standard InChI is InChI=1S/C11H14FNOS/c1-3-6-13(2)11(14)8-4-5-9(12)10(15)7-8/h4-5,7,15H,3,6H2,1-2H3. The molecule has 0 aliphatic heterocycles. The molecule has 0 radical (unpaired) electrons. The van der Waals surface area contributed by atoms with Gasteiger partial charge in [0, 0.05) is 24.1 Å². The van der Waals surface area contributed by atoms with Crippen molar-refractivity contribution in [1.29, 1.82) is 0 Å². The van der Waals surface area contributed by atoms with Crippen molar-refractivity contribution in [2.24, 2.45) is 0 Å². The zero-order valence-corrected chi connectivity index (χ0v) is 9.72. The van der Waals surface area contributed by atoms with Gasteiger partial charge in [-0.1, -0.05) is 6.92 Å². The molecule has 1 rings (SSSR count). The van der Waals surface area contributed by atoms with Crippen molar-refractivity contribution in [3.8, 4) is 0 Å². The average Bonchev–Trinajstić information content (AvgIpc) is 2.21. The first kappa shape index (κ1) is 12.0. The van der Waals surface area contributed by atoms with Crippen LogP contribution in [0.15, 0.2) is 23.1 Å². The highest BCUT2D eigenvalue weighted by Gasteiger charge is 2.11. The number of hydrogen-bond donors (Lipinski definition) is 1. The van der Waals surface area contributed by atoms with Crippen LogP contribution in [0.4, 0.5) is 4.39 Å². The summed E-state index contributed by atoms with van der Waals surface area (Å²) >= 11 is 3.94. The van der Waals surface area contributed by atoms with Crippen LogP contribution in [0.2, 0.25) is 0 Å². The van der Waals surface area contributed by atoms with E-state index in [-0.39, 0.29) is 10.8 Å². The molecular formula is C11H14FNOS. The van der Waals surface area contributed by atoms with Gasteiger partial charge in [0.2, 0.25) is 0 Å². The molecule has 0 aliphatic rings. The Hall–Kier alpha value is -1.03. The van der Waals surface area contributed by atoms with E-state index in [1.807, 2.05) is 6.92 Å². The molecule has 15 heavy (non-hydrogen) atoms. The van der Waals surface area contributed by atoms with Crippen LogP contribution in [-0.2, 0) is 0 Å². The zero-order chi connectivity index (χ0) is 11.4. The monoisotopic (exact) mass is 227 g/mol. The minimum atomic E-state index is -0.409. The van der Waals surface area contributed by atoms with Crippen molar-refractivity contribution in [2.45, 2.75) is 18.2 Å². The van der Waals surface area contributed by atoms with Crippen LogP contribution >= 0.6 is 12.6 Å². The van der Waals surface area contributed by atoms with E-state index in [0.29, 0.717) is 12.1 Å². The van der Waals surface area contributed by atoms with E-state index >= 15 is 0 Å². The lowest BCUT2D eigenvalue weighted by Gasteiger charge is -2.16. The Morgan fingerprint density at radius 3 is 2.73 bits per heavy atom. The summed E-state index contributed by atoms with van der Waals surface area (Å²) in [6.45, 7) is 2.69. The van der Waals surface area contributed by atoms with E-state index in [2.05, 4.69) is 12.6 Å². The first-order valence-electron chi connectivity index (χ1n) is 4.80. The fraction of sp³-hybridized carbons (Fsp3) is 0.364. The smallest absolute Gasteiger partial charge is 0.253 e. The topological polar surface area (TPSA) is 20.3 Å². The Morgan fingerprint density at radius 2 is 2.20 bits per heavy atom. The summed E-state index contributed by atoms with van der Waals surface area (Å²) < 4.78 is 12.9. The third kappa shape index (κ3) is 2.96. The summed E-state index contributed by atoms with van der Waals surface area (Å²) in [5.74, 6) is -0.514. The largest absolute Gasteiger partial charge is 0.342 e. The molecule has 0 unspecified atom stereocenters. The molecule has 0 saturated heterocycles. The second-order valence-corrected chi connectivity index (χ2v) is 3.87. The second kappa shape index (κ2) is 5.16. The van der Waals surface area contributed by atoms with E-state index in [1.54, 1.807) is 11.9 Å². The Kier molecular flexibility index (Phi) is 4.15. The predicted octanol–water partition coefficient (Wildman–Crippen LogP) is 2.60. The number of halogens is 1. The number of nitrogens with zero attached hydrogens (tertiary/aromatic N) is 1. The van der Waals surface area contributed by atoms with Crippen molar-refractivity contribution >= 4 is 18.5 Å². The predicted molar refractivity (Wildman–Crippen MR) is 60.9 cm³/mol. The van der Waals surface area contributed by atoms with Gasteiger partial charge in [-0.25, -0.2) is 4.39 Å². The van der Waals surface area contributed by atoms with Crippen LogP contribution < -0.4 is 0 Å². The molecule has 2 nitrogen and oxygen atoms in total. The summed E-state index contributed by atoms with van der Waals surface area (Å²) in [4.78, 5) is 13.6. The van der Waals surface area contributed by atoms with Gasteiger partial charge >= 0.3 is 0 Å². The first-order valence-corrected chi connectivity index (χ1v) is 5.25. The average molecular weight is 227 g/mol. The van der Waals surface area contributed by atoms with Crippen molar-refractivity contribution in [1.82, 2.24) is 4.90 Å². The summed E-state index contributed by atoms with van der Waals surface area (Å²) in [6.07, 6.45) is 0.900.